The predicted octanol–water partition coefficient (Wildman–Crippen LogP) is 3.15. The number of hydrogen-bond donors (Lipinski definition) is 0. The maximum Gasteiger partial charge on any atom is 0.230 e. The van der Waals surface area contributed by atoms with Gasteiger partial charge in [0.25, 0.3) is 0 Å². The number of rotatable bonds is 1. The largest absolute Gasteiger partial charge is 0.273 e. The first kappa shape index (κ1) is 10.9. The summed E-state index contributed by atoms with van der Waals surface area (Å²) in [5.41, 5.74) is 3.65. The normalized spacial score (nSPS) is 11.8. The van der Waals surface area contributed by atoms with Crippen molar-refractivity contribution in [1.82, 2.24) is 24.7 Å². The summed E-state index contributed by atoms with van der Waals surface area (Å²) in [6.45, 7) is 0. The van der Waals surface area contributed by atoms with Gasteiger partial charge in [0.05, 0.1) is 15.9 Å². The van der Waals surface area contributed by atoms with Crippen LogP contribution in [0, 0.1) is 0 Å². The number of aromatic nitrogens is 5. The summed E-state index contributed by atoms with van der Waals surface area (Å²) >= 11 is 1.62. The molecule has 0 bridgehead atoms. The van der Waals surface area contributed by atoms with Gasteiger partial charge in [0.15, 0.2) is 17.0 Å². The van der Waals surface area contributed by atoms with Gasteiger partial charge in [-0.25, -0.2) is 14.6 Å². The van der Waals surface area contributed by atoms with Crippen LogP contribution >= 0.6 is 11.3 Å². The van der Waals surface area contributed by atoms with E-state index >= 15 is 0 Å². The van der Waals surface area contributed by atoms with Crippen molar-refractivity contribution in [3.8, 4) is 10.7 Å². The lowest BCUT2D eigenvalue weighted by Gasteiger charge is -2.02. The molecule has 1 aromatic carbocycles. The molecule has 7 heteroatoms. The lowest BCUT2D eigenvalue weighted by Crippen LogP contribution is -1.96. The summed E-state index contributed by atoms with van der Waals surface area (Å²) in [5, 5.41) is 9.82. The van der Waals surface area contributed by atoms with Crippen LogP contribution < -0.4 is 0 Å². The zero-order chi connectivity index (χ0) is 13.8. The van der Waals surface area contributed by atoms with Crippen LogP contribution in [-0.4, -0.2) is 24.7 Å². The maximum atomic E-state index is 4.83. The van der Waals surface area contributed by atoms with Crippen LogP contribution in [0.15, 0.2) is 46.4 Å². The third-order valence-electron chi connectivity index (χ3n) is 3.41. The molecule has 0 fully saturated rings. The molecule has 4 aromatic heterocycles. The fourth-order valence-electron chi connectivity index (χ4n) is 2.52. The van der Waals surface area contributed by atoms with Gasteiger partial charge in [0, 0.05) is 0 Å². The number of thiophene rings is 1. The standard InChI is InChI=1S/C14H7N5OS/c1-2-5-9-8(4-1)15-14-11-12(18-20-17-11)16-13(19(9)14)10-6-3-7-21-10/h1-7H. The molecule has 0 amide bonds. The molecule has 5 rings (SSSR count). The smallest absolute Gasteiger partial charge is 0.230 e. The molecule has 0 atom stereocenters. The molecule has 0 aliphatic heterocycles. The van der Waals surface area contributed by atoms with Crippen LogP contribution in [0.3, 0.4) is 0 Å². The Morgan fingerprint density at radius 3 is 2.86 bits per heavy atom. The predicted molar refractivity (Wildman–Crippen MR) is 79.2 cm³/mol. The van der Waals surface area contributed by atoms with Gasteiger partial charge in [-0.1, -0.05) is 18.2 Å². The van der Waals surface area contributed by atoms with E-state index in [9.17, 15) is 0 Å². The quantitative estimate of drug-likeness (QED) is 0.475. The number of fused-ring (bicyclic) bond motifs is 5. The van der Waals surface area contributed by atoms with E-state index in [0.29, 0.717) is 16.8 Å². The molecule has 0 N–H and O–H groups in total. The number of nitrogens with zero attached hydrogens (tertiary/aromatic N) is 5. The molecule has 0 saturated heterocycles. The van der Waals surface area contributed by atoms with E-state index in [0.717, 1.165) is 21.7 Å². The van der Waals surface area contributed by atoms with Gasteiger partial charge < -0.3 is 0 Å². The molecular formula is C14H7N5OS. The highest BCUT2D eigenvalue weighted by Crippen LogP contribution is 2.30. The molecule has 4 heterocycles. The summed E-state index contributed by atoms with van der Waals surface area (Å²) in [5.74, 6) is 0.803. The molecule has 0 aliphatic carbocycles. The Hall–Kier alpha value is -2.80. The molecule has 21 heavy (non-hydrogen) atoms. The molecule has 5 aromatic rings. The zero-order valence-electron chi connectivity index (χ0n) is 10.6. The lowest BCUT2D eigenvalue weighted by atomic mass is 10.3. The van der Waals surface area contributed by atoms with Crippen LogP contribution in [0.5, 0.6) is 0 Å². The van der Waals surface area contributed by atoms with Crippen LogP contribution in [-0.2, 0) is 0 Å². The van der Waals surface area contributed by atoms with Crippen LogP contribution in [0.25, 0.3) is 38.5 Å². The Balaban J connectivity index is 2.10. The average molecular weight is 293 g/mol. The van der Waals surface area contributed by atoms with Crippen molar-refractivity contribution in [2.24, 2.45) is 0 Å². The molecule has 0 unspecified atom stereocenters. The fourth-order valence-corrected chi connectivity index (χ4v) is 3.22. The molecule has 100 valence electrons. The highest BCUT2D eigenvalue weighted by Gasteiger charge is 2.18. The molecular weight excluding hydrogens is 286 g/mol. The van der Waals surface area contributed by atoms with Gasteiger partial charge in [0.1, 0.15) is 0 Å². The maximum absolute atomic E-state index is 4.83. The van der Waals surface area contributed by atoms with E-state index in [1.165, 1.54) is 0 Å². The Kier molecular flexibility index (Phi) is 2.01. The minimum atomic E-state index is 0.473. The number of hydrogen-bond acceptors (Lipinski definition) is 6. The van der Waals surface area contributed by atoms with E-state index in [-0.39, 0.29) is 0 Å². The van der Waals surface area contributed by atoms with Gasteiger partial charge in [-0.3, -0.25) is 4.40 Å². The van der Waals surface area contributed by atoms with Crippen LogP contribution in [0.2, 0.25) is 0 Å². The van der Waals surface area contributed by atoms with Gasteiger partial charge in [0.2, 0.25) is 5.65 Å². The van der Waals surface area contributed by atoms with E-state index in [2.05, 4.69) is 20.3 Å². The number of benzene rings is 1. The third kappa shape index (κ3) is 1.40. The second-order valence-electron chi connectivity index (χ2n) is 4.61. The molecule has 0 spiro atoms. The Morgan fingerprint density at radius 1 is 1.00 bits per heavy atom. The van der Waals surface area contributed by atoms with Crippen molar-refractivity contribution < 1.29 is 4.63 Å². The average Bonchev–Trinajstić information content (AvgIpc) is 3.24. The van der Waals surface area contributed by atoms with Gasteiger partial charge in [-0.05, 0) is 33.9 Å². The molecule has 0 radical (unpaired) electrons. The van der Waals surface area contributed by atoms with E-state index in [1.807, 2.05) is 46.2 Å². The molecule has 0 saturated carbocycles. The zero-order valence-corrected chi connectivity index (χ0v) is 11.4. The van der Waals surface area contributed by atoms with E-state index < -0.39 is 0 Å². The number of para-hydroxylation sites is 2. The first-order chi connectivity index (χ1) is 10.4. The topological polar surface area (TPSA) is 69.1 Å². The first-order valence-corrected chi connectivity index (χ1v) is 7.23. The monoisotopic (exact) mass is 293 g/mol. The summed E-state index contributed by atoms with van der Waals surface area (Å²) in [4.78, 5) is 10.3. The van der Waals surface area contributed by atoms with Crippen molar-refractivity contribution in [2.45, 2.75) is 0 Å². The van der Waals surface area contributed by atoms with Crippen molar-refractivity contribution in [1.29, 1.82) is 0 Å². The van der Waals surface area contributed by atoms with Crippen LogP contribution in [0.1, 0.15) is 0 Å². The fraction of sp³-hybridized carbons (Fsp3) is 0. The molecule has 0 aliphatic rings. The van der Waals surface area contributed by atoms with Gasteiger partial charge in [-0.15, -0.1) is 11.3 Å². The van der Waals surface area contributed by atoms with Gasteiger partial charge in [-0.2, -0.15) is 0 Å². The number of imidazole rings is 1. The lowest BCUT2D eigenvalue weighted by molar-refractivity contribution is 0.315. The van der Waals surface area contributed by atoms with Gasteiger partial charge >= 0.3 is 0 Å². The first-order valence-electron chi connectivity index (χ1n) is 6.35. The summed E-state index contributed by atoms with van der Waals surface area (Å²) in [6, 6.07) is 12.0. The third-order valence-corrected chi connectivity index (χ3v) is 4.27. The highest BCUT2D eigenvalue weighted by atomic mass is 32.1. The van der Waals surface area contributed by atoms with Crippen molar-refractivity contribution >= 4 is 39.2 Å². The minimum Gasteiger partial charge on any atom is -0.273 e. The van der Waals surface area contributed by atoms with Crippen LogP contribution in [0.4, 0.5) is 0 Å². The summed E-state index contributed by atoms with van der Waals surface area (Å²) in [6.07, 6.45) is 0. The van der Waals surface area contributed by atoms with Crippen molar-refractivity contribution in [2.75, 3.05) is 0 Å². The summed E-state index contributed by atoms with van der Waals surface area (Å²) in [7, 11) is 0. The molecule has 6 nitrogen and oxygen atoms in total. The minimum absolute atomic E-state index is 0.473. The second-order valence-corrected chi connectivity index (χ2v) is 5.56. The van der Waals surface area contributed by atoms with E-state index in [4.69, 9.17) is 4.63 Å². The highest BCUT2D eigenvalue weighted by molar-refractivity contribution is 7.13. The summed E-state index contributed by atoms with van der Waals surface area (Å²) < 4.78 is 6.84. The Labute approximate surface area is 121 Å². The van der Waals surface area contributed by atoms with E-state index in [1.54, 1.807) is 11.3 Å². The second kappa shape index (κ2) is 3.86. The Bertz CT molecular complexity index is 1090. The van der Waals surface area contributed by atoms with Crippen molar-refractivity contribution in [3.63, 3.8) is 0 Å². The van der Waals surface area contributed by atoms with Crippen molar-refractivity contribution in [3.05, 3.63) is 41.8 Å². The Morgan fingerprint density at radius 2 is 1.95 bits per heavy atom. The SMILES string of the molecule is c1csc(-c2nc3nonc3c3nc4ccccc4n23)c1.